The summed E-state index contributed by atoms with van der Waals surface area (Å²) >= 11 is 0. The Kier molecular flexibility index (Phi) is 4.68. The van der Waals surface area contributed by atoms with Gasteiger partial charge in [-0.25, -0.2) is 8.42 Å². The molecule has 0 fully saturated rings. The highest BCUT2D eigenvalue weighted by molar-refractivity contribution is 7.92. The summed E-state index contributed by atoms with van der Waals surface area (Å²) in [7, 11) is -3.84. The van der Waals surface area contributed by atoms with Gasteiger partial charge < -0.3 is 0 Å². The van der Waals surface area contributed by atoms with Crippen molar-refractivity contribution in [2.24, 2.45) is 0 Å². The van der Waals surface area contributed by atoms with Gasteiger partial charge in [-0.1, -0.05) is 23.8 Å². The molecule has 0 amide bonds. The molecule has 2 aromatic carbocycles. The largest absolute Gasteiger partial charge is 0.279 e. The first-order valence-electron chi connectivity index (χ1n) is 7.66. The van der Waals surface area contributed by atoms with Crippen LogP contribution in [0, 0.1) is 17.0 Å². The van der Waals surface area contributed by atoms with Gasteiger partial charge in [0.25, 0.3) is 15.7 Å². The van der Waals surface area contributed by atoms with E-state index in [4.69, 9.17) is 0 Å². The topological polar surface area (TPSA) is 102 Å². The third-order valence-corrected chi connectivity index (χ3v) is 5.11. The van der Waals surface area contributed by atoms with E-state index in [0.29, 0.717) is 11.3 Å². The number of pyridine rings is 1. The van der Waals surface area contributed by atoms with Crippen LogP contribution in [0.1, 0.15) is 5.56 Å². The fraction of sp³-hybridized carbons (Fsp3) is 0.0556. The van der Waals surface area contributed by atoms with Crippen LogP contribution in [0.5, 0.6) is 0 Å². The van der Waals surface area contributed by atoms with E-state index in [1.54, 1.807) is 30.3 Å². The molecule has 3 rings (SSSR count). The molecule has 0 aliphatic heterocycles. The van der Waals surface area contributed by atoms with Crippen molar-refractivity contribution in [3.63, 3.8) is 0 Å². The summed E-state index contributed by atoms with van der Waals surface area (Å²) in [6.45, 7) is 1.86. The quantitative estimate of drug-likeness (QED) is 0.545. The van der Waals surface area contributed by atoms with Crippen LogP contribution in [0.3, 0.4) is 0 Å². The highest BCUT2D eigenvalue weighted by Gasteiger charge is 2.19. The number of non-ortho nitro benzene ring substituents is 1. The van der Waals surface area contributed by atoms with Gasteiger partial charge in [0.1, 0.15) is 0 Å². The zero-order chi connectivity index (χ0) is 18.7. The Bertz CT molecular complexity index is 1050. The molecular weight excluding hydrogens is 354 g/mol. The van der Waals surface area contributed by atoms with Crippen LogP contribution >= 0.6 is 0 Å². The lowest BCUT2D eigenvalue weighted by atomic mass is 10.1. The molecule has 7 nitrogen and oxygen atoms in total. The number of benzene rings is 2. The number of rotatable bonds is 5. The molecule has 26 heavy (non-hydrogen) atoms. The molecule has 0 saturated carbocycles. The number of nitro benzene ring substituents is 1. The summed E-state index contributed by atoms with van der Waals surface area (Å²) in [5.74, 6) is 0. The maximum Gasteiger partial charge on any atom is 0.270 e. The van der Waals surface area contributed by atoms with Gasteiger partial charge in [0.2, 0.25) is 0 Å². The summed E-state index contributed by atoms with van der Waals surface area (Å²) in [5, 5.41) is 11.1. The fourth-order valence-corrected chi connectivity index (χ4v) is 3.47. The highest BCUT2D eigenvalue weighted by Crippen LogP contribution is 2.32. The van der Waals surface area contributed by atoms with Gasteiger partial charge in [0, 0.05) is 23.9 Å². The van der Waals surface area contributed by atoms with E-state index in [-0.39, 0.29) is 16.3 Å². The zero-order valence-electron chi connectivity index (χ0n) is 13.8. The van der Waals surface area contributed by atoms with Crippen molar-refractivity contribution in [1.29, 1.82) is 0 Å². The molecule has 0 aliphatic carbocycles. The third kappa shape index (κ3) is 3.70. The zero-order valence-corrected chi connectivity index (χ0v) is 14.6. The lowest BCUT2D eigenvalue weighted by molar-refractivity contribution is -0.384. The van der Waals surface area contributed by atoms with Gasteiger partial charge in [-0.05, 0) is 37.3 Å². The number of aryl methyl sites for hydroxylation is 1. The van der Waals surface area contributed by atoms with Crippen LogP contribution in [0.15, 0.2) is 71.8 Å². The average Bonchev–Trinajstić information content (AvgIpc) is 2.62. The minimum atomic E-state index is -3.84. The SMILES string of the molecule is Cc1ccc(S(=O)(=O)Nc2ccc([N+](=O)[O-])cc2-c2ccccn2)cc1. The van der Waals surface area contributed by atoms with Crippen LogP contribution in [0.2, 0.25) is 0 Å². The predicted octanol–water partition coefficient (Wildman–Crippen LogP) is 3.77. The third-order valence-electron chi connectivity index (χ3n) is 3.73. The second-order valence-electron chi connectivity index (χ2n) is 5.62. The van der Waals surface area contributed by atoms with Gasteiger partial charge in [-0.15, -0.1) is 0 Å². The number of aromatic nitrogens is 1. The first-order valence-corrected chi connectivity index (χ1v) is 9.14. The van der Waals surface area contributed by atoms with Gasteiger partial charge in [0.15, 0.2) is 0 Å². The first kappa shape index (κ1) is 17.6. The molecule has 3 aromatic rings. The predicted molar refractivity (Wildman–Crippen MR) is 98.3 cm³/mol. The molecule has 1 heterocycles. The normalized spacial score (nSPS) is 11.1. The minimum absolute atomic E-state index is 0.105. The molecule has 0 radical (unpaired) electrons. The molecule has 0 atom stereocenters. The maximum absolute atomic E-state index is 12.6. The van der Waals surface area contributed by atoms with Crippen molar-refractivity contribution in [2.75, 3.05) is 4.72 Å². The Hall–Kier alpha value is -3.26. The van der Waals surface area contributed by atoms with E-state index in [1.807, 2.05) is 6.92 Å². The second kappa shape index (κ2) is 6.93. The Labute approximate surface area is 150 Å². The number of nitrogens with one attached hydrogen (secondary N) is 1. The molecule has 0 aliphatic rings. The lowest BCUT2D eigenvalue weighted by Gasteiger charge is -2.12. The summed E-state index contributed by atoms with van der Waals surface area (Å²) in [6, 6.07) is 15.4. The lowest BCUT2D eigenvalue weighted by Crippen LogP contribution is -2.13. The van der Waals surface area contributed by atoms with Crippen LogP contribution < -0.4 is 4.72 Å². The fourth-order valence-electron chi connectivity index (χ4n) is 2.39. The van der Waals surface area contributed by atoms with Crippen molar-refractivity contribution in [3.8, 4) is 11.3 Å². The van der Waals surface area contributed by atoms with E-state index < -0.39 is 14.9 Å². The summed E-state index contributed by atoms with van der Waals surface area (Å²) in [4.78, 5) is 14.8. The van der Waals surface area contributed by atoms with Crippen molar-refractivity contribution in [3.05, 3.63) is 82.5 Å². The standard InChI is InChI=1S/C18H15N3O4S/c1-13-5-8-15(9-6-13)26(24,25)20-18-10-7-14(21(22)23)12-16(18)17-4-2-3-11-19-17/h2-12,20H,1H3. The number of nitrogens with zero attached hydrogens (tertiary/aromatic N) is 2. The highest BCUT2D eigenvalue weighted by atomic mass is 32.2. The van der Waals surface area contributed by atoms with Crippen molar-refractivity contribution in [2.45, 2.75) is 11.8 Å². The minimum Gasteiger partial charge on any atom is -0.279 e. The van der Waals surface area contributed by atoms with E-state index in [0.717, 1.165) is 5.56 Å². The van der Waals surface area contributed by atoms with E-state index >= 15 is 0 Å². The van der Waals surface area contributed by atoms with Gasteiger partial charge in [-0.2, -0.15) is 0 Å². The molecule has 132 valence electrons. The molecule has 0 bridgehead atoms. The number of anilines is 1. The Balaban J connectivity index is 2.07. The van der Waals surface area contributed by atoms with E-state index in [2.05, 4.69) is 9.71 Å². The Morgan fingerprint density at radius 2 is 1.77 bits per heavy atom. The number of nitro groups is 1. The van der Waals surface area contributed by atoms with Crippen LogP contribution in [-0.2, 0) is 10.0 Å². The molecule has 1 N–H and O–H groups in total. The molecular formula is C18H15N3O4S. The van der Waals surface area contributed by atoms with Crippen LogP contribution in [-0.4, -0.2) is 18.3 Å². The monoisotopic (exact) mass is 369 g/mol. The number of hydrogen-bond acceptors (Lipinski definition) is 5. The molecule has 1 aromatic heterocycles. The Morgan fingerprint density at radius 1 is 1.04 bits per heavy atom. The van der Waals surface area contributed by atoms with Crippen molar-refractivity contribution < 1.29 is 13.3 Å². The van der Waals surface area contributed by atoms with Crippen LogP contribution in [0.25, 0.3) is 11.3 Å². The number of hydrogen-bond donors (Lipinski definition) is 1. The van der Waals surface area contributed by atoms with Gasteiger partial charge in [-0.3, -0.25) is 19.8 Å². The summed E-state index contributed by atoms with van der Waals surface area (Å²) in [6.07, 6.45) is 1.53. The molecule has 0 spiro atoms. The summed E-state index contributed by atoms with van der Waals surface area (Å²) in [5.41, 5.74) is 1.76. The second-order valence-corrected chi connectivity index (χ2v) is 7.30. The smallest absolute Gasteiger partial charge is 0.270 e. The average molecular weight is 369 g/mol. The maximum atomic E-state index is 12.6. The first-order chi connectivity index (χ1) is 12.4. The van der Waals surface area contributed by atoms with Crippen LogP contribution in [0.4, 0.5) is 11.4 Å². The molecule has 0 saturated heterocycles. The molecule has 0 unspecified atom stereocenters. The van der Waals surface area contributed by atoms with E-state index in [9.17, 15) is 18.5 Å². The van der Waals surface area contributed by atoms with Crippen molar-refractivity contribution >= 4 is 21.4 Å². The van der Waals surface area contributed by atoms with Gasteiger partial charge >= 0.3 is 0 Å². The number of sulfonamides is 1. The Morgan fingerprint density at radius 3 is 2.38 bits per heavy atom. The van der Waals surface area contributed by atoms with Gasteiger partial charge in [0.05, 0.1) is 21.2 Å². The van der Waals surface area contributed by atoms with Crippen molar-refractivity contribution in [1.82, 2.24) is 4.98 Å². The van der Waals surface area contributed by atoms with E-state index in [1.165, 1.54) is 36.5 Å². The summed E-state index contributed by atoms with van der Waals surface area (Å²) < 4.78 is 27.8. The molecule has 8 heteroatoms.